The van der Waals surface area contributed by atoms with Crippen LogP contribution in [0.15, 0.2) is 0 Å². The van der Waals surface area contributed by atoms with Gasteiger partial charge in [0.1, 0.15) is 0 Å². The third-order valence-corrected chi connectivity index (χ3v) is 3.82. The largest absolute Gasteiger partial charge is 0.472 e. The van der Waals surface area contributed by atoms with Crippen molar-refractivity contribution in [1.82, 2.24) is 0 Å². The minimum atomic E-state index is -3.95. The van der Waals surface area contributed by atoms with Crippen molar-refractivity contribution in [3.8, 4) is 0 Å². The maximum absolute atomic E-state index is 11.1. The molecule has 0 aromatic rings. The third-order valence-electron chi connectivity index (χ3n) is 1.63. The van der Waals surface area contributed by atoms with Crippen molar-refractivity contribution in [2.24, 2.45) is 0 Å². The fourth-order valence-corrected chi connectivity index (χ4v) is 2.49. The third kappa shape index (κ3) is 24.8. The molecule has 3 N–H and O–H groups in total. The molecule has 142 valence electrons. The van der Waals surface area contributed by atoms with Gasteiger partial charge in [-0.2, -0.15) is 0 Å². The summed E-state index contributed by atoms with van der Waals surface area (Å²) in [5.74, 6) is 0. The Morgan fingerprint density at radius 2 is 0.957 bits per heavy atom. The molecule has 0 aliphatic carbocycles. The standard InChI is InChI=1S/C8H20O8P2.C2H7O2P/c1-3-13-17(9,10)15-7-5-6-8-16-18(11,12)14-4-2;1-5(2,3)4/h3-8H2,1-2H3,(H,9,10)(H,11,12);1-2H3,(H,3,4). The van der Waals surface area contributed by atoms with Crippen LogP contribution in [0.25, 0.3) is 0 Å². The van der Waals surface area contributed by atoms with Crippen molar-refractivity contribution in [2.75, 3.05) is 39.8 Å². The lowest BCUT2D eigenvalue weighted by Gasteiger charge is -2.12. The molecule has 0 heterocycles. The molecule has 0 aromatic heterocycles. The van der Waals surface area contributed by atoms with Gasteiger partial charge in [-0.1, -0.05) is 0 Å². The molecule has 0 amide bonds. The highest BCUT2D eigenvalue weighted by atomic mass is 31.2. The topological polar surface area (TPSA) is 149 Å². The Morgan fingerprint density at radius 3 is 1.17 bits per heavy atom. The first-order chi connectivity index (χ1) is 10.3. The van der Waals surface area contributed by atoms with Gasteiger partial charge in [-0.3, -0.25) is 22.7 Å². The normalized spacial score (nSPS) is 16.8. The summed E-state index contributed by atoms with van der Waals surface area (Å²) in [6.45, 7) is 5.92. The van der Waals surface area contributed by atoms with E-state index in [9.17, 15) is 13.7 Å². The molecule has 23 heavy (non-hydrogen) atoms. The lowest BCUT2D eigenvalue weighted by Crippen LogP contribution is -2.00. The average Bonchev–Trinajstić information content (AvgIpc) is 2.31. The van der Waals surface area contributed by atoms with E-state index in [0.717, 1.165) is 0 Å². The Bertz CT molecular complexity index is 396. The van der Waals surface area contributed by atoms with E-state index < -0.39 is 23.0 Å². The zero-order valence-corrected chi connectivity index (χ0v) is 16.5. The van der Waals surface area contributed by atoms with Crippen LogP contribution in [0, 0.1) is 0 Å². The van der Waals surface area contributed by atoms with E-state index in [1.54, 1.807) is 13.8 Å². The van der Waals surface area contributed by atoms with Crippen LogP contribution in [0.1, 0.15) is 26.7 Å². The average molecular weight is 400 g/mol. The molecule has 0 saturated carbocycles. The smallest absolute Gasteiger partial charge is 0.345 e. The maximum atomic E-state index is 11.1. The first-order valence-corrected chi connectivity index (χ1v) is 12.4. The van der Waals surface area contributed by atoms with Crippen LogP contribution in [0.4, 0.5) is 0 Å². The van der Waals surface area contributed by atoms with Crippen molar-refractivity contribution >= 4 is 23.0 Å². The summed E-state index contributed by atoms with van der Waals surface area (Å²) >= 11 is 0. The molecule has 0 bridgehead atoms. The van der Waals surface area contributed by atoms with E-state index in [1.165, 1.54) is 13.3 Å². The van der Waals surface area contributed by atoms with E-state index >= 15 is 0 Å². The van der Waals surface area contributed by atoms with Crippen molar-refractivity contribution in [2.45, 2.75) is 26.7 Å². The monoisotopic (exact) mass is 400 g/mol. The van der Waals surface area contributed by atoms with Crippen molar-refractivity contribution in [3.63, 3.8) is 0 Å². The van der Waals surface area contributed by atoms with Gasteiger partial charge in [-0.05, 0) is 26.7 Å². The van der Waals surface area contributed by atoms with Crippen molar-refractivity contribution < 1.29 is 46.5 Å². The number of phosphoric acid groups is 2. The molecular weight excluding hydrogens is 373 g/mol. The zero-order chi connectivity index (χ0) is 18.6. The summed E-state index contributed by atoms with van der Waals surface area (Å²) in [5.41, 5.74) is 0. The summed E-state index contributed by atoms with van der Waals surface area (Å²) in [6.07, 6.45) is 0.785. The lowest BCUT2D eigenvalue weighted by atomic mass is 10.3. The highest BCUT2D eigenvalue weighted by Crippen LogP contribution is 2.44. The lowest BCUT2D eigenvalue weighted by molar-refractivity contribution is 0.137. The molecule has 10 nitrogen and oxygen atoms in total. The van der Waals surface area contributed by atoms with Crippen LogP contribution in [0.5, 0.6) is 0 Å². The van der Waals surface area contributed by atoms with Gasteiger partial charge in [-0.25, -0.2) is 9.13 Å². The molecule has 0 radical (unpaired) electrons. The van der Waals surface area contributed by atoms with Gasteiger partial charge in [0.25, 0.3) is 0 Å². The van der Waals surface area contributed by atoms with E-state index in [4.69, 9.17) is 14.7 Å². The molecule has 2 unspecified atom stereocenters. The number of hydrogen-bond donors (Lipinski definition) is 3. The maximum Gasteiger partial charge on any atom is 0.472 e. The van der Waals surface area contributed by atoms with Crippen LogP contribution in [-0.2, 0) is 31.8 Å². The zero-order valence-electron chi connectivity index (χ0n) is 13.8. The minimum absolute atomic E-state index is 0.00149. The molecule has 0 aromatic carbocycles. The summed E-state index contributed by atoms with van der Waals surface area (Å²) in [7, 11) is -10.5. The number of unbranched alkanes of at least 4 members (excludes halogenated alkanes) is 1. The van der Waals surface area contributed by atoms with Crippen LogP contribution >= 0.6 is 23.0 Å². The molecule has 13 heteroatoms. The van der Waals surface area contributed by atoms with E-state index in [0.29, 0.717) is 12.8 Å². The predicted molar refractivity (Wildman–Crippen MR) is 85.7 cm³/mol. The van der Waals surface area contributed by atoms with Crippen LogP contribution in [0.3, 0.4) is 0 Å². The Labute approximate surface area is 136 Å². The summed E-state index contributed by atoms with van der Waals surface area (Å²) in [6, 6.07) is 0. The molecule has 0 aliphatic rings. The first-order valence-electron chi connectivity index (χ1n) is 6.84. The second-order valence-corrected chi connectivity index (χ2v) is 9.94. The van der Waals surface area contributed by atoms with Crippen molar-refractivity contribution in [1.29, 1.82) is 0 Å². The van der Waals surface area contributed by atoms with E-state index in [-0.39, 0.29) is 26.4 Å². The molecule has 2 atom stereocenters. The Hall–Kier alpha value is 0.410. The fourth-order valence-electron chi connectivity index (χ4n) is 0.965. The van der Waals surface area contributed by atoms with E-state index in [1.807, 2.05) is 0 Å². The molecular formula is C10H27O10P3. The Balaban J connectivity index is 0. The van der Waals surface area contributed by atoms with Crippen molar-refractivity contribution in [3.05, 3.63) is 0 Å². The predicted octanol–water partition coefficient (Wildman–Crippen LogP) is 2.59. The molecule has 0 fully saturated rings. The van der Waals surface area contributed by atoms with Gasteiger partial charge >= 0.3 is 15.6 Å². The van der Waals surface area contributed by atoms with Gasteiger partial charge < -0.3 is 14.7 Å². The SMILES string of the molecule is CCOP(=O)(O)OCCCCOP(=O)(O)OCC.CP(C)(=O)O. The Morgan fingerprint density at radius 1 is 0.696 bits per heavy atom. The van der Waals surface area contributed by atoms with Gasteiger partial charge in [0, 0.05) is 13.3 Å². The Kier molecular flexibility index (Phi) is 14.2. The molecule has 0 rings (SSSR count). The number of hydrogen-bond acceptors (Lipinski definition) is 7. The van der Waals surface area contributed by atoms with Crippen LogP contribution < -0.4 is 0 Å². The second-order valence-electron chi connectivity index (χ2n) is 4.44. The second kappa shape index (κ2) is 12.7. The fraction of sp³-hybridized carbons (Fsp3) is 1.00. The molecule has 0 aliphatic heterocycles. The van der Waals surface area contributed by atoms with Gasteiger partial charge in [0.05, 0.1) is 26.4 Å². The van der Waals surface area contributed by atoms with Gasteiger partial charge in [0.2, 0.25) is 0 Å². The summed E-state index contributed by atoms with van der Waals surface area (Å²) in [4.78, 5) is 26.2. The van der Waals surface area contributed by atoms with Crippen LogP contribution in [0.2, 0.25) is 0 Å². The number of phosphoric ester groups is 2. The molecule has 0 spiro atoms. The summed E-state index contributed by atoms with van der Waals surface area (Å²) < 4.78 is 50.1. The highest BCUT2D eigenvalue weighted by Gasteiger charge is 2.20. The van der Waals surface area contributed by atoms with Crippen LogP contribution in [-0.4, -0.2) is 54.4 Å². The highest BCUT2D eigenvalue weighted by molar-refractivity contribution is 7.56. The van der Waals surface area contributed by atoms with Gasteiger partial charge in [0.15, 0.2) is 7.37 Å². The quantitative estimate of drug-likeness (QED) is 0.349. The number of rotatable bonds is 11. The van der Waals surface area contributed by atoms with E-state index in [2.05, 4.69) is 18.1 Å². The minimum Gasteiger partial charge on any atom is -0.345 e. The molecule has 0 saturated heterocycles. The van der Waals surface area contributed by atoms with Gasteiger partial charge in [-0.15, -0.1) is 0 Å². The first kappa shape index (κ1) is 25.6. The summed E-state index contributed by atoms with van der Waals surface area (Å²) in [5, 5.41) is 0.